The molecule has 0 bridgehead atoms. The largest absolute Gasteiger partial charge is 0.396 e. The van der Waals surface area contributed by atoms with E-state index in [4.69, 9.17) is 10.3 Å². The molecule has 2 aromatic carbocycles. The molecule has 0 radical (unpaired) electrons. The molecule has 0 spiro atoms. The number of rotatable bonds is 7. The van der Waals surface area contributed by atoms with Crippen molar-refractivity contribution in [2.24, 2.45) is 0 Å². The molecule has 0 aliphatic rings. The average Bonchev–Trinajstić information content (AvgIpc) is 3.09. The number of amides is 1. The molecule has 0 unspecified atom stereocenters. The molecule has 5 nitrogen and oxygen atoms in total. The number of hydroxylamine groups is 1. The standard InChI is InChI=1S/C20H20F2N2O3/c21-15-10-16-18(14(11-23-16)20(26)24-27)19(22)17(15)13-7-5-12(6-8-13)4-2-1-3-9-25/h5-8,10-11,23,25,27H,1-4,9H2,(H,24,26). The molecule has 1 heterocycles. The van der Waals surface area contributed by atoms with Gasteiger partial charge in [0, 0.05) is 18.2 Å². The Kier molecular flexibility index (Phi) is 5.83. The van der Waals surface area contributed by atoms with Crippen molar-refractivity contribution in [3.8, 4) is 11.1 Å². The Bertz CT molecular complexity index is 952. The fourth-order valence-corrected chi connectivity index (χ4v) is 3.18. The summed E-state index contributed by atoms with van der Waals surface area (Å²) in [5.41, 5.74) is 2.67. The first kappa shape index (κ1) is 19.0. The maximum absolute atomic E-state index is 15.0. The number of halogens is 2. The molecule has 1 aromatic heterocycles. The fourth-order valence-electron chi connectivity index (χ4n) is 3.18. The number of aromatic nitrogens is 1. The minimum absolute atomic E-state index is 0.0777. The molecule has 7 heteroatoms. The van der Waals surface area contributed by atoms with Crippen LogP contribution < -0.4 is 5.48 Å². The third-order valence-electron chi connectivity index (χ3n) is 4.57. The van der Waals surface area contributed by atoms with E-state index in [1.807, 2.05) is 12.1 Å². The summed E-state index contributed by atoms with van der Waals surface area (Å²) in [7, 11) is 0. The first-order valence-corrected chi connectivity index (χ1v) is 8.70. The second-order valence-electron chi connectivity index (χ2n) is 6.34. The summed E-state index contributed by atoms with van der Waals surface area (Å²) in [5, 5.41) is 17.5. The topological polar surface area (TPSA) is 85.4 Å². The van der Waals surface area contributed by atoms with Crippen LogP contribution in [0.5, 0.6) is 0 Å². The summed E-state index contributed by atoms with van der Waals surface area (Å²) in [5.74, 6) is -2.48. The van der Waals surface area contributed by atoms with Gasteiger partial charge in [0.1, 0.15) is 11.6 Å². The highest BCUT2D eigenvalue weighted by Crippen LogP contribution is 2.33. The van der Waals surface area contributed by atoms with E-state index in [1.54, 1.807) is 12.1 Å². The zero-order chi connectivity index (χ0) is 19.4. The second-order valence-corrected chi connectivity index (χ2v) is 6.34. The van der Waals surface area contributed by atoms with Crippen molar-refractivity contribution >= 4 is 16.8 Å². The van der Waals surface area contributed by atoms with E-state index in [0.29, 0.717) is 5.56 Å². The minimum Gasteiger partial charge on any atom is -0.396 e. The van der Waals surface area contributed by atoms with Crippen LogP contribution in [-0.4, -0.2) is 27.8 Å². The average molecular weight is 374 g/mol. The highest BCUT2D eigenvalue weighted by Gasteiger charge is 2.21. The molecule has 0 aliphatic carbocycles. The van der Waals surface area contributed by atoms with Gasteiger partial charge in [-0.1, -0.05) is 30.7 Å². The molecule has 142 valence electrons. The number of H-pyrrole nitrogens is 1. The van der Waals surface area contributed by atoms with Crippen LogP contribution in [0.4, 0.5) is 8.78 Å². The van der Waals surface area contributed by atoms with Crippen LogP contribution in [0, 0.1) is 11.6 Å². The van der Waals surface area contributed by atoms with Crippen molar-refractivity contribution in [1.29, 1.82) is 0 Å². The Morgan fingerprint density at radius 2 is 1.85 bits per heavy atom. The lowest BCUT2D eigenvalue weighted by molar-refractivity contribution is 0.0708. The van der Waals surface area contributed by atoms with Crippen LogP contribution in [0.25, 0.3) is 22.0 Å². The quantitative estimate of drug-likeness (QED) is 0.287. The SMILES string of the molecule is O=C(NO)c1c[nH]c2cc(F)c(-c3ccc(CCCCCO)cc3)c(F)c12. The lowest BCUT2D eigenvalue weighted by Gasteiger charge is -2.09. The van der Waals surface area contributed by atoms with Gasteiger partial charge in [0.2, 0.25) is 0 Å². The summed E-state index contributed by atoms with van der Waals surface area (Å²) >= 11 is 0. The number of aliphatic hydroxyl groups excluding tert-OH is 1. The van der Waals surface area contributed by atoms with Gasteiger partial charge in [0.05, 0.1) is 16.6 Å². The lowest BCUT2D eigenvalue weighted by atomic mass is 9.98. The number of unbranched alkanes of at least 4 members (excludes halogenated alkanes) is 2. The Morgan fingerprint density at radius 1 is 1.11 bits per heavy atom. The van der Waals surface area contributed by atoms with Gasteiger partial charge in [-0.15, -0.1) is 0 Å². The number of carbonyl (C=O) groups excluding carboxylic acids is 1. The minimum atomic E-state index is -0.879. The van der Waals surface area contributed by atoms with Gasteiger partial charge in [-0.25, -0.2) is 14.3 Å². The molecule has 0 aliphatic heterocycles. The van der Waals surface area contributed by atoms with Crippen LogP contribution in [0.1, 0.15) is 35.2 Å². The number of hydrogen-bond acceptors (Lipinski definition) is 3. The van der Waals surface area contributed by atoms with Gasteiger partial charge in [-0.05, 0) is 36.5 Å². The first-order valence-electron chi connectivity index (χ1n) is 8.70. The van der Waals surface area contributed by atoms with E-state index in [2.05, 4.69) is 4.98 Å². The predicted octanol–water partition coefficient (Wildman–Crippen LogP) is 3.94. The van der Waals surface area contributed by atoms with Gasteiger partial charge < -0.3 is 10.1 Å². The number of carbonyl (C=O) groups is 1. The number of nitrogens with one attached hydrogen (secondary N) is 2. The molecule has 4 N–H and O–H groups in total. The van der Waals surface area contributed by atoms with Crippen LogP contribution >= 0.6 is 0 Å². The van der Waals surface area contributed by atoms with Crippen LogP contribution in [0.15, 0.2) is 36.5 Å². The maximum atomic E-state index is 15.0. The van der Waals surface area contributed by atoms with Gasteiger partial charge in [-0.2, -0.15) is 0 Å². The van der Waals surface area contributed by atoms with Crippen molar-refractivity contribution < 1.29 is 23.9 Å². The number of aromatic amines is 1. The normalized spacial score (nSPS) is 11.1. The summed E-state index contributed by atoms with van der Waals surface area (Å²) in [6.45, 7) is 0.176. The number of aliphatic hydroxyl groups is 1. The Labute approximate surface area is 154 Å². The van der Waals surface area contributed by atoms with Gasteiger partial charge >= 0.3 is 0 Å². The number of benzene rings is 2. The van der Waals surface area contributed by atoms with Crippen LogP contribution in [0.2, 0.25) is 0 Å². The van der Waals surface area contributed by atoms with Crippen LogP contribution in [-0.2, 0) is 6.42 Å². The summed E-state index contributed by atoms with van der Waals surface area (Å²) in [6, 6.07) is 8.05. The molecule has 0 saturated carbocycles. The van der Waals surface area contributed by atoms with Crippen molar-refractivity contribution in [3.05, 3.63) is 59.3 Å². The van der Waals surface area contributed by atoms with Gasteiger partial charge in [0.15, 0.2) is 0 Å². The fraction of sp³-hybridized carbons (Fsp3) is 0.250. The van der Waals surface area contributed by atoms with Crippen molar-refractivity contribution in [3.63, 3.8) is 0 Å². The van der Waals surface area contributed by atoms with Gasteiger partial charge in [-0.3, -0.25) is 10.0 Å². The molecule has 3 rings (SSSR count). The van der Waals surface area contributed by atoms with E-state index in [0.717, 1.165) is 37.3 Å². The Morgan fingerprint density at radius 3 is 2.52 bits per heavy atom. The third-order valence-corrected chi connectivity index (χ3v) is 4.57. The molecule has 3 aromatic rings. The molecule has 0 saturated heterocycles. The number of aryl methyl sites for hydroxylation is 1. The predicted molar refractivity (Wildman–Crippen MR) is 97.5 cm³/mol. The molecule has 0 fully saturated rings. The van der Waals surface area contributed by atoms with E-state index in [1.165, 1.54) is 11.7 Å². The highest BCUT2D eigenvalue weighted by atomic mass is 19.1. The summed E-state index contributed by atoms with van der Waals surface area (Å²) < 4.78 is 29.6. The Hall–Kier alpha value is -2.77. The van der Waals surface area contributed by atoms with Gasteiger partial charge in [0.25, 0.3) is 5.91 Å². The monoisotopic (exact) mass is 374 g/mol. The third kappa shape index (κ3) is 3.84. The summed E-state index contributed by atoms with van der Waals surface area (Å²) in [4.78, 5) is 14.3. The van der Waals surface area contributed by atoms with E-state index in [9.17, 15) is 9.18 Å². The Balaban J connectivity index is 1.95. The zero-order valence-electron chi connectivity index (χ0n) is 14.6. The summed E-state index contributed by atoms with van der Waals surface area (Å²) in [6.07, 6.45) is 4.65. The van der Waals surface area contributed by atoms with Crippen molar-refractivity contribution in [2.45, 2.75) is 25.7 Å². The number of hydrogen-bond donors (Lipinski definition) is 4. The van der Waals surface area contributed by atoms with Crippen molar-refractivity contribution in [2.75, 3.05) is 6.61 Å². The van der Waals surface area contributed by atoms with Crippen molar-refractivity contribution in [1.82, 2.24) is 10.5 Å². The zero-order valence-corrected chi connectivity index (χ0v) is 14.6. The van der Waals surface area contributed by atoms with E-state index in [-0.39, 0.29) is 28.6 Å². The highest BCUT2D eigenvalue weighted by molar-refractivity contribution is 6.07. The number of fused-ring (bicyclic) bond motifs is 1. The van der Waals surface area contributed by atoms with Crippen LogP contribution in [0.3, 0.4) is 0 Å². The molecular formula is C20H20F2N2O3. The second kappa shape index (κ2) is 8.28. The lowest BCUT2D eigenvalue weighted by Crippen LogP contribution is -2.18. The molecular weight excluding hydrogens is 354 g/mol. The molecule has 0 atom stereocenters. The van der Waals surface area contributed by atoms with E-state index < -0.39 is 17.5 Å². The smallest absolute Gasteiger partial charge is 0.276 e. The first-order chi connectivity index (χ1) is 13.1. The molecule has 1 amide bonds. The molecule has 27 heavy (non-hydrogen) atoms. The van der Waals surface area contributed by atoms with E-state index >= 15 is 4.39 Å². The maximum Gasteiger partial charge on any atom is 0.276 e.